The predicted octanol–water partition coefficient (Wildman–Crippen LogP) is 1.70. The Bertz CT molecular complexity index is 739. The summed E-state index contributed by atoms with van der Waals surface area (Å²) in [4.78, 5) is 38.3. The van der Waals surface area contributed by atoms with Crippen molar-refractivity contribution in [3.8, 4) is 0 Å². The number of benzene rings is 1. The molecule has 2 atom stereocenters. The van der Waals surface area contributed by atoms with Crippen LogP contribution in [0.1, 0.15) is 24.8 Å². The summed E-state index contributed by atoms with van der Waals surface area (Å²) in [5.74, 6) is -2.69. The first-order valence-corrected chi connectivity index (χ1v) is 9.23. The van der Waals surface area contributed by atoms with E-state index in [0.717, 1.165) is 5.56 Å². The van der Waals surface area contributed by atoms with Crippen molar-refractivity contribution >= 4 is 17.7 Å². The molecule has 2 saturated heterocycles. The van der Waals surface area contributed by atoms with Crippen LogP contribution < -0.4 is 5.32 Å². The number of alkyl halides is 3. The smallest absolute Gasteiger partial charge is 0.354 e. The van der Waals surface area contributed by atoms with E-state index in [2.05, 4.69) is 5.32 Å². The van der Waals surface area contributed by atoms with Crippen molar-refractivity contribution in [3.63, 3.8) is 0 Å². The van der Waals surface area contributed by atoms with E-state index in [1.807, 2.05) is 30.3 Å². The van der Waals surface area contributed by atoms with Gasteiger partial charge < -0.3 is 15.1 Å². The first-order valence-electron chi connectivity index (χ1n) is 9.23. The van der Waals surface area contributed by atoms with Crippen molar-refractivity contribution < 1.29 is 27.6 Å². The van der Waals surface area contributed by atoms with Gasteiger partial charge in [0, 0.05) is 38.5 Å². The van der Waals surface area contributed by atoms with Crippen LogP contribution in [-0.4, -0.2) is 59.4 Å². The number of carbonyl (C=O) groups excluding carboxylic acids is 3. The summed E-state index contributed by atoms with van der Waals surface area (Å²) in [6.07, 6.45) is -4.15. The van der Waals surface area contributed by atoms with Crippen molar-refractivity contribution in [2.45, 2.75) is 38.0 Å². The van der Waals surface area contributed by atoms with Gasteiger partial charge in [-0.15, -0.1) is 0 Å². The Morgan fingerprint density at radius 3 is 2.57 bits per heavy atom. The normalized spacial score (nSPS) is 22.6. The zero-order valence-corrected chi connectivity index (χ0v) is 15.2. The fourth-order valence-corrected chi connectivity index (χ4v) is 3.76. The summed E-state index contributed by atoms with van der Waals surface area (Å²) < 4.78 is 38.0. The lowest BCUT2D eigenvalue weighted by Crippen LogP contribution is -2.50. The third kappa shape index (κ3) is 4.63. The van der Waals surface area contributed by atoms with E-state index in [4.69, 9.17) is 0 Å². The molecule has 0 aromatic heterocycles. The van der Waals surface area contributed by atoms with Gasteiger partial charge in [0.15, 0.2) is 0 Å². The monoisotopic (exact) mass is 397 g/mol. The van der Waals surface area contributed by atoms with Gasteiger partial charge in [-0.25, -0.2) is 0 Å². The van der Waals surface area contributed by atoms with Crippen LogP contribution in [0.15, 0.2) is 30.3 Å². The highest BCUT2D eigenvalue weighted by atomic mass is 19.4. The Morgan fingerprint density at radius 2 is 1.89 bits per heavy atom. The molecule has 2 heterocycles. The number of nitrogens with one attached hydrogen (secondary N) is 1. The second kappa shape index (κ2) is 8.20. The molecule has 1 aromatic carbocycles. The summed E-state index contributed by atoms with van der Waals surface area (Å²) in [5.41, 5.74) is 1.01. The lowest BCUT2D eigenvalue weighted by molar-refractivity contribution is -0.186. The lowest BCUT2D eigenvalue weighted by Gasteiger charge is -2.25. The fraction of sp³-hybridized carbons (Fsp3) is 0.526. The van der Waals surface area contributed by atoms with E-state index in [9.17, 15) is 27.6 Å². The average Bonchev–Trinajstić information content (AvgIpc) is 3.26. The third-order valence-corrected chi connectivity index (χ3v) is 5.13. The van der Waals surface area contributed by atoms with Crippen LogP contribution in [0.3, 0.4) is 0 Å². The number of halogens is 3. The molecule has 0 aliphatic carbocycles. The van der Waals surface area contributed by atoms with E-state index in [1.54, 1.807) is 4.90 Å². The van der Waals surface area contributed by atoms with Crippen molar-refractivity contribution in [3.05, 3.63) is 35.9 Å². The van der Waals surface area contributed by atoms with Gasteiger partial charge in [0.25, 0.3) is 0 Å². The van der Waals surface area contributed by atoms with Crippen molar-refractivity contribution in [1.82, 2.24) is 15.1 Å². The molecule has 0 saturated carbocycles. The topological polar surface area (TPSA) is 69.7 Å². The number of hydrogen-bond donors (Lipinski definition) is 1. The Hall–Kier alpha value is -2.58. The van der Waals surface area contributed by atoms with E-state index in [1.165, 1.54) is 0 Å². The minimum absolute atomic E-state index is 0.0159. The molecule has 3 amide bonds. The number of amides is 3. The molecule has 1 aromatic rings. The van der Waals surface area contributed by atoms with E-state index < -0.39 is 24.0 Å². The average molecular weight is 397 g/mol. The summed E-state index contributed by atoms with van der Waals surface area (Å²) >= 11 is 0. The van der Waals surface area contributed by atoms with Crippen LogP contribution in [0.4, 0.5) is 13.2 Å². The number of rotatable bonds is 5. The minimum Gasteiger partial charge on any atom is -0.354 e. The first-order chi connectivity index (χ1) is 13.3. The Labute approximate surface area is 160 Å². The van der Waals surface area contributed by atoms with Crippen LogP contribution >= 0.6 is 0 Å². The zero-order valence-electron chi connectivity index (χ0n) is 15.2. The van der Waals surface area contributed by atoms with E-state index >= 15 is 0 Å². The van der Waals surface area contributed by atoms with Crippen LogP contribution in [-0.2, 0) is 20.9 Å². The molecule has 0 bridgehead atoms. The standard InChI is InChI=1S/C19H22F3N3O3/c20-19(21,22)18(28)25-8-4-7-15(25)17(27)23-10-14-9-16(26)24(12-14)11-13-5-2-1-3-6-13/h1-3,5-6,14-15H,4,7-12H2,(H,23,27). The van der Waals surface area contributed by atoms with Gasteiger partial charge in [-0.3, -0.25) is 14.4 Å². The second-order valence-corrected chi connectivity index (χ2v) is 7.23. The summed E-state index contributed by atoms with van der Waals surface area (Å²) in [6, 6.07) is 8.42. The molecule has 6 nitrogen and oxygen atoms in total. The molecule has 152 valence electrons. The molecule has 1 N–H and O–H groups in total. The van der Waals surface area contributed by atoms with Gasteiger partial charge in [0.1, 0.15) is 6.04 Å². The highest BCUT2D eigenvalue weighted by molar-refractivity contribution is 5.90. The van der Waals surface area contributed by atoms with Gasteiger partial charge in [0.2, 0.25) is 11.8 Å². The molecule has 0 spiro atoms. The molecular weight excluding hydrogens is 375 g/mol. The predicted molar refractivity (Wildman–Crippen MR) is 93.8 cm³/mol. The molecule has 0 radical (unpaired) electrons. The lowest BCUT2D eigenvalue weighted by atomic mass is 10.1. The van der Waals surface area contributed by atoms with Crippen molar-refractivity contribution in [1.29, 1.82) is 0 Å². The molecule has 2 aliphatic rings. The maximum absolute atomic E-state index is 12.7. The van der Waals surface area contributed by atoms with Gasteiger partial charge >= 0.3 is 12.1 Å². The van der Waals surface area contributed by atoms with Gasteiger partial charge in [0.05, 0.1) is 0 Å². The van der Waals surface area contributed by atoms with Crippen molar-refractivity contribution in [2.75, 3.05) is 19.6 Å². The molecule has 9 heteroatoms. The molecule has 2 fully saturated rings. The summed E-state index contributed by atoms with van der Waals surface area (Å²) in [6.45, 7) is 1.08. The maximum atomic E-state index is 12.7. The summed E-state index contributed by atoms with van der Waals surface area (Å²) in [5, 5.41) is 2.63. The number of carbonyl (C=O) groups is 3. The van der Waals surface area contributed by atoms with E-state index in [0.29, 0.717) is 24.4 Å². The zero-order chi connectivity index (χ0) is 20.3. The maximum Gasteiger partial charge on any atom is 0.471 e. The van der Waals surface area contributed by atoms with Gasteiger partial charge in [-0.05, 0) is 18.4 Å². The third-order valence-electron chi connectivity index (χ3n) is 5.13. The quantitative estimate of drug-likeness (QED) is 0.822. The Kier molecular flexibility index (Phi) is 5.90. The fourth-order valence-electron chi connectivity index (χ4n) is 3.76. The SMILES string of the molecule is O=C(NCC1CC(=O)N(Cc2ccccc2)C1)C1CCCN1C(=O)C(F)(F)F. The Balaban J connectivity index is 1.51. The van der Waals surface area contributed by atoms with Crippen LogP contribution in [0, 0.1) is 5.92 Å². The second-order valence-electron chi connectivity index (χ2n) is 7.23. The van der Waals surface area contributed by atoms with E-state index in [-0.39, 0.29) is 37.8 Å². The van der Waals surface area contributed by atoms with Gasteiger partial charge in [-0.2, -0.15) is 13.2 Å². The molecule has 2 aliphatic heterocycles. The first kappa shape index (κ1) is 20.2. The van der Waals surface area contributed by atoms with Crippen molar-refractivity contribution in [2.24, 2.45) is 5.92 Å². The number of likely N-dealkylation sites (tertiary alicyclic amines) is 2. The van der Waals surface area contributed by atoms with Crippen LogP contribution in [0.2, 0.25) is 0 Å². The largest absolute Gasteiger partial charge is 0.471 e. The molecule has 3 rings (SSSR count). The minimum atomic E-state index is -4.99. The van der Waals surface area contributed by atoms with Crippen LogP contribution in [0.5, 0.6) is 0 Å². The summed E-state index contributed by atoms with van der Waals surface area (Å²) in [7, 11) is 0. The Morgan fingerprint density at radius 1 is 1.18 bits per heavy atom. The molecule has 2 unspecified atom stereocenters. The highest BCUT2D eigenvalue weighted by Crippen LogP contribution is 2.26. The highest BCUT2D eigenvalue weighted by Gasteiger charge is 2.47. The van der Waals surface area contributed by atoms with Crippen LogP contribution in [0.25, 0.3) is 0 Å². The number of nitrogens with zero attached hydrogens (tertiary/aromatic N) is 2. The van der Waals surface area contributed by atoms with Gasteiger partial charge in [-0.1, -0.05) is 30.3 Å². The molecule has 28 heavy (non-hydrogen) atoms. The molecular formula is C19H22F3N3O3. The number of hydrogen-bond acceptors (Lipinski definition) is 3.